The fourth-order valence-electron chi connectivity index (χ4n) is 1.44. The topological polar surface area (TPSA) is 65.1 Å². The van der Waals surface area contributed by atoms with Crippen LogP contribution in [0.2, 0.25) is 0 Å². The monoisotopic (exact) mass is 224 g/mol. The summed E-state index contributed by atoms with van der Waals surface area (Å²) in [5.74, 6) is 0.117. The molecule has 0 aromatic heterocycles. The molecule has 0 bridgehead atoms. The molecule has 92 valence electrons. The maximum absolute atomic E-state index is 7.38. The molecule has 0 heterocycles. The fourth-order valence-corrected chi connectivity index (χ4v) is 1.44. The summed E-state index contributed by atoms with van der Waals surface area (Å²) >= 11 is 0. The number of hydrogen-bond acceptors (Lipinski definition) is 2. The second kappa shape index (κ2) is 8.97. The normalized spacial score (nSPS) is 11.8. The number of nitrogens with two attached hydrogens (primary N) is 1. The van der Waals surface area contributed by atoms with Crippen LogP contribution in [0.4, 0.5) is 0 Å². The van der Waals surface area contributed by atoms with Crippen LogP contribution < -0.4 is 11.1 Å². The highest BCUT2D eigenvalue weighted by atomic mass is 15.2. The summed E-state index contributed by atoms with van der Waals surface area (Å²) in [4.78, 5) is 1.81. The Hall–Kier alpha value is -1.29. The molecule has 0 rings (SSSR count). The summed E-state index contributed by atoms with van der Waals surface area (Å²) in [5, 5.41) is 10.7. The molecule has 0 aliphatic carbocycles. The molecule has 0 aliphatic heterocycles. The van der Waals surface area contributed by atoms with E-state index in [4.69, 9.17) is 11.1 Å². The van der Waals surface area contributed by atoms with Crippen LogP contribution in [0, 0.1) is 5.41 Å². The molecule has 4 heteroatoms. The number of guanidine groups is 1. The van der Waals surface area contributed by atoms with E-state index in [0.717, 1.165) is 25.9 Å². The lowest BCUT2D eigenvalue weighted by atomic mass is 10.2. The third kappa shape index (κ3) is 7.06. The van der Waals surface area contributed by atoms with Crippen molar-refractivity contribution in [1.29, 1.82) is 5.41 Å². The fraction of sp³-hybridized carbons (Fsp3) is 0.583. The van der Waals surface area contributed by atoms with E-state index in [1.807, 2.05) is 11.0 Å². The van der Waals surface area contributed by atoms with Crippen LogP contribution in [0.5, 0.6) is 0 Å². The summed E-state index contributed by atoms with van der Waals surface area (Å²) in [5.41, 5.74) is 5.45. The molecule has 0 aromatic rings. The molecule has 0 aliphatic rings. The first-order chi connectivity index (χ1) is 7.61. The zero-order valence-electron chi connectivity index (χ0n) is 10.2. The van der Waals surface area contributed by atoms with Gasteiger partial charge in [0.05, 0.1) is 0 Å². The van der Waals surface area contributed by atoms with Gasteiger partial charge in [0.1, 0.15) is 0 Å². The molecule has 16 heavy (non-hydrogen) atoms. The van der Waals surface area contributed by atoms with Crippen molar-refractivity contribution in [3.05, 3.63) is 25.3 Å². The molecule has 1 atom stereocenters. The van der Waals surface area contributed by atoms with Crippen molar-refractivity contribution in [2.24, 2.45) is 5.73 Å². The van der Waals surface area contributed by atoms with Crippen molar-refractivity contribution in [1.82, 2.24) is 10.2 Å². The third-order valence-corrected chi connectivity index (χ3v) is 2.37. The van der Waals surface area contributed by atoms with Crippen LogP contribution in [-0.4, -0.2) is 36.5 Å². The number of nitrogens with zero attached hydrogens (tertiary/aromatic N) is 1. The standard InChI is InChI=1S/C12H24N4/c1-4-8-15-11(3)7-6-10-16(9-5-2)12(13)14/h4-5,11,15H,1-2,6-10H2,3H3,(H3,13,14). The molecule has 1 unspecified atom stereocenters. The average molecular weight is 224 g/mol. The number of rotatable bonds is 9. The van der Waals surface area contributed by atoms with Crippen molar-refractivity contribution in [3.8, 4) is 0 Å². The quantitative estimate of drug-likeness (QED) is 0.314. The van der Waals surface area contributed by atoms with Crippen LogP contribution in [0.15, 0.2) is 25.3 Å². The van der Waals surface area contributed by atoms with Crippen molar-refractivity contribution >= 4 is 5.96 Å². The van der Waals surface area contributed by atoms with Gasteiger partial charge in [0, 0.05) is 25.7 Å². The predicted octanol–water partition coefficient (Wildman–Crippen LogP) is 1.31. The van der Waals surface area contributed by atoms with Crippen molar-refractivity contribution in [2.45, 2.75) is 25.8 Å². The minimum absolute atomic E-state index is 0.117. The van der Waals surface area contributed by atoms with Gasteiger partial charge >= 0.3 is 0 Å². The summed E-state index contributed by atoms with van der Waals surface area (Å²) in [6.07, 6.45) is 5.70. The van der Waals surface area contributed by atoms with Gasteiger partial charge < -0.3 is 16.0 Å². The van der Waals surface area contributed by atoms with Gasteiger partial charge in [-0.15, -0.1) is 13.2 Å². The Morgan fingerprint density at radius 3 is 2.69 bits per heavy atom. The molecule has 0 aromatic carbocycles. The molecule has 0 saturated carbocycles. The molecule has 0 amide bonds. The van der Waals surface area contributed by atoms with E-state index < -0.39 is 0 Å². The van der Waals surface area contributed by atoms with Crippen LogP contribution in [0.3, 0.4) is 0 Å². The number of hydrogen-bond donors (Lipinski definition) is 3. The molecule has 4 N–H and O–H groups in total. The molecular formula is C12H24N4. The highest BCUT2D eigenvalue weighted by Gasteiger charge is 2.05. The first-order valence-electron chi connectivity index (χ1n) is 5.66. The van der Waals surface area contributed by atoms with Crippen molar-refractivity contribution in [3.63, 3.8) is 0 Å². The Labute approximate surface area is 98.7 Å². The van der Waals surface area contributed by atoms with E-state index in [0.29, 0.717) is 12.6 Å². The van der Waals surface area contributed by atoms with E-state index in [1.165, 1.54) is 0 Å². The summed E-state index contributed by atoms with van der Waals surface area (Å²) in [7, 11) is 0. The molecule has 0 fully saturated rings. The van der Waals surface area contributed by atoms with Crippen LogP contribution in [0.25, 0.3) is 0 Å². The Kier molecular flexibility index (Phi) is 8.25. The highest BCUT2D eigenvalue weighted by Crippen LogP contribution is 1.99. The van der Waals surface area contributed by atoms with E-state index in [9.17, 15) is 0 Å². The molecule has 0 saturated heterocycles. The Morgan fingerprint density at radius 2 is 2.19 bits per heavy atom. The lowest BCUT2D eigenvalue weighted by Gasteiger charge is -2.21. The average Bonchev–Trinajstić information content (AvgIpc) is 2.25. The Balaban J connectivity index is 3.71. The van der Waals surface area contributed by atoms with E-state index in [-0.39, 0.29) is 5.96 Å². The van der Waals surface area contributed by atoms with Gasteiger partial charge in [0.15, 0.2) is 5.96 Å². The largest absolute Gasteiger partial charge is 0.370 e. The summed E-state index contributed by atoms with van der Waals surface area (Å²) in [6.45, 7) is 11.7. The lowest BCUT2D eigenvalue weighted by Crippen LogP contribution is -2.38. The minimum Gasteiger partial charge on any atom is -0.370 e. The van der Waals surface area contributed by atoms with E-state index in [2.05, 4.69) is 25.4 Å². The predicted molar refractivity (Wildman–Crippen MR) is 70.6 cm³/mol. The highest BCUT2D eigenvalue weighted by molar-refractivity contribution is 5.74. The van der Waals surface area contributed by atoms with Gasteiger partial charge in [-0.1, -0.05) is 12.2 Å². The van der Waals surface area contributed by atoms with Gasteiger partial charge in [-0.2, -0.15) is 0 Å². The SMILES string of the molecule is C=CCNC(C)CCCN(CC=C)C(=N)N. The van der Waals surface area contributed by atoms with E-state index >= 15 is 0 Å². The second-order valence-corrected chi connectivity index (χ2v) is 3.86. The lowest BCUT2D eigenvalue weighted by molar-refractivity contribution is 0.411. The van der Waals surface area contributed by atoms with Crippen molar-refractivity contribution < 1.29 is 0 Å². The molecule has 4 nitrogen and oxygen atoms in total. The smallest absolute Gasteiger partial charge is 0.188 e. The molecule has 0 radical (unpaired) electrons. The van der Waals surface area contributed by atoms with Crippen LogP contribution in [0.1, 0.15) is 19.8 Å². The first-order valence-corrected chi connectivity index (χ1v) is 5.66. The molecule has 0 spiro atoms. The molecular weight excluding hydrogens is 200 g/mol. The van der Waals surface area contributed by atoms with Crippen molar-refractivity contribution in [2.75, 3.05) is 19.6 Å². The maximum atomic E-state index is 7.38. The zero-order valence-corrected chi connectivity index (χ0v) is 10.2. The van der Waals surface area contributed by atoms with Gasteiger partial charge in [0.2, 0.25) is 0 Å². The second-order valence-electron chi connectivity index (χ2n) is 3.86. The number of nitrogens with one attached hydrogen (secondary N) is 2. The van der Waals surface area contributed by atoms with E-state index in [1.54, 1.807) is 6.08 Å². The Bertz CT molecular complexity index is 225. The third-order valence-electron chi connectivity index (χ3n) is 2.37. The van der Waals surface area contributed by atoms with Gasteiger partial charge in [-0.25, -0.2) is 0 Å². The van der Waals surface area contributed by atoms with Gasteiger partial charge in [-0.05, 0) is 19.8 Å². The summed E-state index contributed by atoms with van der Waals surface area (Å²) in [6, 6.07) is 0.468. The van der Waals surface area contributed by atoms with Gasteiger partial charge in [-0.3, -0.25) is 5.41 Å². The minimum atomic E-state index is 0.117. The van der Waals surface area contributed by atoms with Crippen LogP contribution in [-0.2, 0) is 0 Å². The van der Waals surface area contributed by atoms with Crippen LogP contribution >= 0.6 is 0 Å². The first kappa shape index (κ1) is 14.7. The summed E-state index contributed by atoms with van der Waals surface area (Å²) < 4.78 is 0. The zero-order chi connectivity index (χ0) is 12.4. The Morgan fingerprint density at radius 1 is 1.50 bits per heavy atom. The van der Waals surface area contributed by atoms with Gasteiger partial charge in [0.25, 0.3) is 0 Å². The maximum Gasteiger partial charge on any atom is 0.188 e.